The van der Waals surface area contributed by atoms with Crippen molar-refractivity contribution in [3.05, 3.63) is 58.9 Å². The third-order valence-electron chi connectivity index (χ3n) is 7.25. The van der Waals surface area contributed by atoms with E-state index in [-0.39, 0.29) is 4.90 Å². The van der Waals surface area contributed by atoms with Crippen LogP contribution in [0.5, 0.6) is 0 Å². The van der Waals surface area contributed by atoms with Gasteiger partial charge in [0.1, 0.15) is 19.4 Å². The lowest BCUT2D eigenvalue weighted by molar-refractivity contribution is 0.204. The lowest BCUT2D eigenvalue weighted by Crippen LogP contribution is -2.37. The molecule has 0 amide bonds. The van der Waals surface area contributed by atoms with Gasteiger partial charge in [-0.3, -0.25) is 4.98 Å². The van der Waals surface area contributed by atoms with Gasteiger partial charge in [-0.25, -0.2) is 21.9 Å². The smallest absolute Gasteiger partial charge is 0.240 e. The van der Waals surface area contributed by atoms with Gasteiger partial charge in [-0.15, -0.1) is 0 Å². The second-order valence-electron chi connectivity index (χ2n) is 9.51. The Morgan fingerprint density at radius 3 is 2.36 bits per heavy atom. The summed E-state index contributed by atoms with van der Waals surface area (Å²) >= 11 is 0. The van der Waals surface area contributed by atoms with E-state index in [1.807, 2.05) is 26.1 Å². The van der Waals surface area contributed by atoms with E-state index in [1.54, 1.807) is 12.1 Å². The number of alkyl halides is 2. The molecule has 36 heavy (non-hydrogen) atoms. The Kier molecular flexibility index (Phi) is 9.75. The molecule has 0 saturated heterocycles. The predicted molar refractivity (Wildman–Crippen MR) is 139 cm³/mol. The highest BCUT2D eigenvalue weighted by Gasteiger charge is 2.29. The second-order valence-corrected chi connectivity index (χ2v) is 11.2. The first kappa shape index (κ1) is 27.9. The Bertz CT molecular complexity index is 1210. The van der Waals surface area contributed by atoms with Gasteiger partial charge in [-0.05, 0) is 66.5 Å². The molecule has 1 aromatic heterocycles. The Balaban J connectivity index is 2.09. The largest absolute Gasteiger partial charge is 0.261 e. The molecule has 0 spiro atoms. The highest BCUT2D eigenvalue weighted by Crippen LogP contribution is 2.42. The summed E-state index contributed by atoms with van der Waals surface area (Å²) in [6, 6.07) is 9.25. The lowest BCUT2D eigenvalue weighted by Gasteiger charge is -2.34. The first-order valence-corrected chi connectivity index (χ1v) is 14.1. The maximum absolute atomic E-state index is 12.9. The van der Waals surface area contributed by atoms with Crippen LogP contribution in [0.25, 0.3) is 11.1 Å². The maximum Gasteiger partial charge on any atom is 0.240 e. The van der Waals surface area contributed by atoms with Crippen LogP contribution in [0, 0.1) is 30.1 Å². The van der Waals surface area contributed by atoms with E-state index in [0.29, 0.717) is 23.8 Å². The SMILES string of the molecule is CCc1cnc(C)c(/C(C#N)=C(\CC(CC)C2CCC2)c2ccc(S(=O)(=O)NC(CF)CF)cc2)c1. The van der Waals surface area contributed by atoms with Crippen LogP contribution in [-0.2, 0) is 16.4 Å². The number of nitriles is 1. The molecule has 0 radical (unpaired) electrons. The summed E-state index contributed by atoms with van der Waals surface area (Å²) in [6.45, 7) is 3.84. The monoisotopic (exact) mass is 515 g/mol. The Labute approximate surface area is 213 Å². The Morgan fingerprint density at radius 2 is 1.86 bits per heavy atom. The van der Waals surface area contributed by atoms with E-state index in [0.717, 1.165) is 40.8 Å². The number of hydrogen-bond donors (Lipinski definition) is 1. The molecule has 0 aliphatic heterocycles. The minimum atomic E-state index is -4.08. The fraction of sp³-hybridized carbons (Fsp3) is 0.500. The molecule has 2 aromatic rings. The summed E-state index contributed by atoms with van der Waals surface area (Å²) < 4.78 is 53.1. The van der Waals surface area contributed by atoms with Crippen molar-refractivity contribution < 1.29 is 17.2 Å². The van der Waals surface area contributed by atoms with Crippen LogP contribution < -0.4 is 4.72 Å². The molecule has 1 aliphatic carbocycles. The summed E-state index contributed by atoms with van der Waals surface area (Å²) in [6.07, 6.45) is 7.92. The van der Waals surface area contributed by atoms with Gasteiger partial charge in [0.15, 0.2) is 0 Å². The van der Waals surface area contributed by atoms with Gasteiger partial charge in [0.2, 0.25) is 10.0 Å². The number of sulfonamides is 1. The molecule has 1 aromatic carbocycles. The summed E-state index contributed by atoms with van der Waals surface area (Å²) in [5.41, 5.74) is 4.79. The molecule has 0 bridgehead atoms. The van der Waals surface area contributed by atoms with Gasteiger partial charge in [0.25, 0.3) is 0 Å². The topological polar surface area (TPSA) is 82.8 Å². The number of allylic oxidation sites excluding steroid dienone is 2. The Morgan fingerprint density at radius 1 is 1.19 bits per heavy atom. The number of aryl methyl sites for hydroxylation is 2. The third-order valence-corrected chi connectivity index (χ3v) is 8.79. The second kappa shape index (κ2) is 12.6. The van der Waals surface area contributed by atoms with Gasteiger partial charge < -0.3 is 0 Å². The van der Waals surface area contributed by atoms with Gasteiger partial charge in [-0.2, -0.15) is 5.26 Å². The van der Waals surface area contributed by atoms with E-state index in [9.17, 15) is 22.5 Å². The van der Waals surface area contributed by atoms with Crippen molar-refractivity contribution in [3.8, 4) is 6.07 Å². The summed E-state index contributed by atoms with van der Waals surface area (Å²) in [5.74, 6) is 1.04. The number of nitrogens with one attached hydrogen (secondary N) is 1. The molecule has 1 heterocycles. The quantitative estimate of drug-likeness (QED) is 0.342. The zero-order chi connectivity index (χ0) is 26.3. The van der Waals surface area contributed by atoms with Crippen molar-refractivity contribution in [2.45, 2.75) is 70.2 Å². The maximum atomic E-state index is 12.9. The van der Waals surface area contributed by atoms with E-state index in [4.69, 9.17) is 0 Å². The number of halogens is 2. The molecule has 1 fully saturated rings. The van der Waals surface area contributed by atoms with Gasteiger partial charge in [0.05, 0.1) is 16.5 Å². The molecule has 1 aliphatic rings. The Hall–Kier alpha value is -2.63. The van der Waals surface area contributed by atoms with Crippen molar-refractivity contribution >= 4 is 21.2 Å². The number of hydrogen-bond acceptors (Lipinski definition) is 4. The van der Waals surface area contributed by atoms with Crippen molar-refractivity contribution in [3.63, 3.8) is 0 Å². The van der Waals surface area contributed by atoms with Gasteiger partial charge in [-0.1, -0.05) is 51.7 Å². The molecular formula is C28H35F2N3O2S. The summed E-state index contributed by atoms with van der Waals surface area (Å²) in [5, 5.41) is 10.3. The van der Waals surface area contributed by atoms with Crippen molar-refractivity contribution in [2.75, 3.05) is 13.3 Å². The van der Waals surface area contributed by atoms with Crippen molar-refractivity contribution in [1.82, 2.24) is 9.71 Å². The number of pyridine rings is 1. The zero-order valence-electron chi connectivity index (χ0n) is 21.2. The fourth-order valence-electron chi connectivity index (χ4n) is 4.72. The normalized spacial score (nSPS) is 15.8. The highest BCUT2D eigenvalue weighted by molar-refractivity contribution is 7.89. The van der Waals surface area contributed by atoms with Crippen LogP contribution in [0.2, 0.25) is 0 Å². The van der Waals surface area contributed by atoms with E-state index in [1.165, 1.54) is 31.4 Å². The van der Waals surface area contributed by atoms with Crippen molar-refractivity contribution in [1.29, 1.82) is 5.26 Å². The molecule has 8 heteroatoms. The van der Waals surface area contributed by atoms with Crippen molar-refractivity contribution in [2.24, 2.45) is 11.8 Å². The number of benzene rings is 1. The van der Waals surface area contributed by atoms with Crippen LogP contribution in [0.15, 0.2) is 41.4 Å². The minimum absolute atomic E-state index is 0.0760. The van der Waals surface area contributed by atoms with Crippen LogP contribution in [0.1, 0.15) is 68.3 Å². The average Bonchev–Trinajstić information content (AvgIpc) is 2.86. The third kappa shape index (κ3) is 6.37. The predicted octanol–water partition coefficient (Wildman–Crippen LogP) is 6.19. The number of nitrogens with zero attached hydrogens (tertiary/aromatic N) is 2. The minimum Gasteiger partial charge on any atom is -0.261 e. The van der Waals surface area contributed by atoms with Crippen LogP contribution in [-0.4, -0.2) is 32.8 Å². The number of rotatable bonds is 12. The first-order valence-electron chi connectivity index (χ1n) is 12.6. The molecule has 1 unspecified atom stereocenters. The highest BCUT2D eigenvalue weighted by atomic mass is 32.2. The van der Waals surface area contributed by atoms with E-state index in [2.05, 4.69) is 22.7 Å². The summed E-state index contributed by atoms with van der Waals surface area (Å²) in [7, 11) is -4.08. The molecule has 1 N–H and O–H groups in total. The molecule has 3 rings (SSSR count). The van der Waals surface area contributed by atoms with E-state index < -0.39 is 29.4 Å². The zero-order valence-corrected chi connectivity index (χ0v) is 22.0. The van der Waals surface area contributed by atoms with Gasteiger partial charge >= 0.3 is 0 Å². The van der Waals surface area contributed by atoms with Gasteiger partial charge in [0, 0.05) is 17.5 Å². The van der Waals surface area contributed by atoms with Crippen LogP contribution in [0.4, 0.5) is 8.78 Å². The average molecular weight is 516 g/mol. The fourth-order valence-corrected chi connectivity index (χ4v) is 5.92. The lowest BCUT2D eigenvalue weighted by atomic mass is 9.71. The number of aromatic nitrogens is 1. The van der Waals surface area contributed by atoms with Crippen LogP contribution >= 0.6 is 0 Å². The molecule has 1 atom stereocenters. The summed E-state index contributed by atoms with van der Waals surface area (Å²) in [4.78, 5) is 4.44. The standard InChI is InChI=1S/C28H35F2N3O2S/c1-4-20-13-26(19(3)32-18-20)28(17-31)27(14-21(5-2)22-7-6-8-22)23-9-11-25(12-10-23)36(34,35)33-24(15-29)16-30/h9-13,18,21-22,24,33H,4-8,14-16H2,1-3H3/b28-27+. The first-order chi connectivity index (χ1) is 17.3. The molecular weight excluding hydrogens is 480 g/mol. The molecule has 5 nitrogen and oxygen atoms in total. The molecule has 1 saturated carbocycles. The molecule has 194 valence electrons. The van der Waals surface area contributed by atoms with Crippen LogP contribution in [0.3, 0.4) is 0 Å². The van der Waals surface area contributed by atoms with E-state index >= 15 is 0 Å².